The van der Waals surface area contributed by atoms with Gasteiger partial charge in [0.1, 0.15) is 75.3 Å². The lowest BCUT2D eigenvalue weighted by Crippen LogP contribution is -2.72. The second kappa shape index (κ2) is 40.7. The first kappa shape index (κ1) is 91.7. The van der Waals surface area contributed by atoms with Gasteiger partial charge in [-0.05, 0) is 19.1 Å². The van der Waals surface area contributed by atoms with Gasteiger partial charge in [-0.25, -0.2) is 0 Å². The summed E-state index contributed by atoms with van der Waals surface area (Å²) in [6.07, 6.45) is -55.5. The van der Waals surface area contributed by atoms with E-state index in [0.717, 1.165) is 111 Å². The van der Waals surface area contributed by atoms with Crippen LogP contribution in [0.1, 0.15) is 127 Å². The normalized spacial score (nSPS) is 31.5. The number of carbonyl (C=O) groups is 18. The van der Waals surface area contributed by atoms with Gasteiger partial charge in [-0.2, -0.15) is 0 Å². The predicted octanol–water partition coefficient (Wildman–Crippen LogP) is -1.25. The maximum atomic E-state index is 15.5. The van der Waals surface area contributed by atoms with Crippen molar-refractivity contribution in [2.45, 2.75) is 271 Å². The Morgan fingerprint density at radius 1 is 0.287 bits per heavy atom. The summed E-state index contributed by atoms with van der Waals surface area (Å²) in [6.45, 7) is 10.6. The molecule has 1 aromatic rings. The van der Waals surface area contributed by atoms with E-state index in [1.54, 1.807) is 0 Å². The van der Waals surface area contributed by atoms with E-state index in [4.69, 9.17) is 118 Å². The van der Waals surface area contributed by atoms with E-state index >= 15 is 4.79 Å². The first-order valence-electron chi connectivity index (χ1n) is 35.4. The molecule has 0 radical (unpaired) electrons. The van der Waals surface area contributed by atoms with Crippen molar-refractivity contribution in [1.29, 1.82) is 0 Å². The van der Waals surface area contributed by atoms with Gasteiger partial charge in [-0.3, -0.25) is 91.2 Å². The van der Waals surface area contributed by atoms with Crippen LogP contribution in [0.15, 0.2) is 18.2 Å². The summed E-state index contributed by atoms with van der Waals surface area (Å²) in [5, 5.41) is 0. The van der Waals surface area contributed by atoms with Gasteiger partial charge in [0.05, 0.1) is 17.9 Å². The standard InChI is InChI=1S/C71H89NO43/c1-26-18-19-44-43(20-26)50(89)66(90)72(44)67-61(115-71-65(107-42(17)88)60(103-38(13)84)54(99-34(9)80)49(112-71)24-94-30(5)76)56(114-70-64(106-41(16)87)59(102-37(12)83)53(98-33(8)79)48(111-70)23-93-29(4)75)55(113-69-63(105-40(15)86)58(101-36(11)82)52(97-32(7)78)47(110-69)22-92-28(3)74)45(108-67)25-95-68-62(104-39(14)85)57(100-35(10)81)51(96-31(6)77)46(109-68)21-91-27(2)73/h18-20,45-49,51-65,67-71H,21-25H2,1-17H3/t45-,46-,47-,48-,49-,51-,52-,53-,54-,55-,56+,57+,58+,59+,60+,61+,62+,63+,64+,65+,67-,68-,69+,70+,71+/m1/s1. The number of esters is 16. The first-order chi connectivity index (χ1) is 53.9. The van der Waals surface area contributed by atoms with Gasteiger partial charge in [-0.15, -0.1) is 0 Å². The number of benzene rings is 1. The molecule has 0 bridgehead atoms. The van der Waals surface area contributed by atoms with Crippen LogP contribution in [0.5, 0.6) is 0 Å². The largest absolute Gasteiger partial charge is 0.463 e. The van der Waals surface area contributed by atoms with Crippen LogP contribution in [0.25, 0.3) is 0 Å². The van der Waals surface area contributed by atoms with Crippen LogP contribution in [0.2, 0.25) is 0 Å². The lowest BCUT2D eigenvalue weighted by Gasteiger charge is -2.53. The topological polar surface area (TPSA) is 541 Å². The molecule has 0 N–H and O–H groups in total. The van der Waals surface area contributed by atoms with E-state index in [1.165, 1.54) is 25.1 Å². The minimum absolute atomic E-state index is 0.356. The SMILES string of the molecule is CC(=O)OC[C@H]1O[C@@H](OC[C@H]2O[C@@H](N3C(=O)C(=O)c4cc(C)ccc43)[C@@H](O[C@@H]3O[C@H](COC(C)=O)[C@@H](OC(C)=O)[C@H](OC(C)=O)[C@@H]3OC(C)=O)[C@@H](O[C@@H]3O[C@H](COC(C)=O)[C@@H](OC(C)=O)[C@H](OC(C)=O)[C@@H]3OC(C)=O)[C@@H]2O[C@@H]2O[C@H](COC(C)=O)[C@@H](OC(C)=O)[C@H](OC(C)=O)[C@@H]2OC(C)=O)[C@@H](OC(C)=O)[C@@H](OC(C)=O)[C@@H]1OC(C)=O. The zero-order chi connectivity index (χ0) is 85.5. The second-order valence-electron chi connectivity index (χ2n) is 26.5. The van der Waals surface area contributed by atoms with Crippen LogP contribution in [0.3, 0.4) is 0 Å². The van der Waals surface area contributed by atoms with Crippen molar-refractivity contribution in [2.24, 2.45) is 0 Å². The van der Waals surface area contributed by atoms with Crippen LogP contribution in [-0.4, -0.2) is 294 Å². The second-order valence-corrected chi connectivity index (χ2v) is 26.5. The molecule has 1 amide bonds. The summed E-state index contributed by atoms with van der Waals surface area (Å²) in [4.78, 5) is 243. The van der Waals surface area contributed by atoms with E-state index in [9.17, 15) is 81.5 Å². The minimum Gasteiger partial charge on any atom is -0.463 e. The van der Waals surface area contributed by atoms with Crippen molar-refractivity contribution >= 4 is 113 Å². The Kier molecular flexibility index (Phi) is 32.4. The molecule has 0 spiro atoms. The number of carbonyl (C=O) groups excluding carboxylic acids is 18. The van der Waals surface area contributed by atoms with Crippen LogP contribution < -0.4 is 4.90 Å². The van der Waals surface area contributed by atoms with Crippen molar-refractivity contribution in [1.82, 2.24) is 0 Å². The van der Waals surface area contributed by atoms with Crippen molar-refractivity contribution < 1.29 is 205 Å². The van der Waals surface area contributed by atoms with Crippen molar-refractivity contribution in [3.63, 3.8) is 0 Å². The van der Waals surface area contributed by atoms with Crippen LogP contribution in [0.4, 0.5) is 5.69 Å². The maximum absolute atomic E-state index is 15.5. The van der Waals surface area contributed by atoms with Crippen LogP contribution in [-0.2, 0) is 200 Å². The summed E-state index contributed by atoms with van der Waals surface area (Å²) in [5.74, 6) is -21.0. The van der Waals surface area contributed by atoms with Gasteiger partial charge in [0.2, 0.25) is 0 Å². The van der Waals surface area contributed by atoms with Crippen molar-refractivity contribution in [2.75, 3.05) is 37.9 Å². The molecule has 0 saturated carbocycles. The Morgan fingerprint density at radius 3 is 0.835 bits per heavy atom. The molecule has 0 aliphatic carbocycles. The highest BCUT2D eigenvalue weighted by atomic mass is 16.8. The highest BCUT2D eigenvalue weighted by Crippen LogP contribution is 2.45. The highest BCUT2D eigenvalue weighted by molar-refractivity contribution is 6.52. The van der Waals surface area contributed by atoms with Crippen molar-refractivity contribution in [3.05, 3.63) is 29.3 Å². The molecule has 0 aromatic heterocycles. The Bertz CT molecular complexity index is 3840. The molecule has 6 heterocycles. The Hall–Kier alpha value is -10.5. The predicted molar refractivity (Wildman–Crippen MR) is 360 cm³/mol. The monoisotopic (exact) mass is 1640 g/mol. The molecule has 115 heavy (non-hydrogen) atoms. The number of anilines is 1. The summed E-state index contributed by atoms with van der Waals surface area (Å²) in [7, 11) is 0. The average Bonchev–Trinajstić information content (AvgIpc) is 1.66. The number of ketones is 1. The van der Waals surface area contributed by atoms with Crippen LogP contribution in [0, 0.1) is 6.92 Å². The summed E-state index contributed by atoms with van der Waals surface area (Å²) >= 11 is 0. The van der Waals surface area contributed by atoms with E-state index in [1.807, 2.05) is 0 Å². The third-order valence-electron chi connectivity index (χ3n) is 17.0. The summed E-state index contributed by atoms with van der Waals surface area (Å²) in [6, 6.07) is 3.91. The zero-order valence-electron chi connectivity index (χ0n) is 65.2. The van der Waals surface area contributed by atoms with Gasteiger partial charge in [0.25, 0.3) is 5.78 Å². The number of amides is 1. The fraction of sp³-hybridized carbons (Fsp3) is 0.662. The molecule has 44 heteroatoms. The lowest BCUT2D eigenvalue weighted by atomic mass is 9.93. The lowest BCUT2D eigenvalue weighted by molar-refractivity contribution is -0.393. The van der Waals surface area contributed by atoms with E-state index in [2.05, 4.69) is 0 Å². The van der Waals surface area contributed by atoms with E-state index in [-0.39, 0.29) is 11.3 Å². The number of hydrogen-bond acceptors (Lipinski definition) is 43. The fourth-order valence-corrected chi connectivity index (χ4v) is 13.2. The molecule has 5 saturated heterocycles. The molecular weight excluding hydrogens is 1550 g/mol. The molecule has 5 fully saturated rings. The number of fused-ring (bicyclic) bond motifs is 1. The van der Waals surface area contributed by atoms with Crippen LogP contribution >= 0.6 is 0 Å². The van der Waals surface area contributed by atoms with Crippen molar-refractivity contribution in [3.8, 4) is 0 Å². The Labute approximate surface area is 654 Å². The molecule has 0 unspecified atom stereocenters. The number of rotatable bonds is 30. The maximum Gasteiger partial charge on any atom is 0.303 e. The van der Waals surface area contributed by atoms with Gasteiger partial charge in [0.15, 0.2) is 105 Å². The van der Waals surface area contributed by atoms with Gasteiger partial charge >= 0.3 is 101 Å². The summed E-state index contributed by atoms with van der Waals surface area (Å²) in [5.41, 5.74) is -0.362. The highest BCUT2D eigenvalue weighted by Gasteiger charge is 2.64. The number of nitrogens with zero attached hydrogens (tertiary/aromatic N) is 1. The molecule has 25 atom stereocenters. The smallest absolute Gasteiger partial charge is 0.303 e. The average molecular weight is 1640 g/mol. The number of aryl methyl sites for hydroxylation is 1. The molecular formula is C71H89NO43. The number of Topliss-reactive ketones (excluding diaryl/α,β-unsaturated/α-hetero) is 1. The molecule has 7 rings (SSSR count). The van der Waals surface area contributed by atoms with E-state index in [0.29, 0.717) is 10.5 Å². The Balaban J connectivity index is 1.69. The van der Waals surface area contributed by atoms with Gasteiger partial charge in [0, 0.05) is 111 Å². The van der Waals surface area contributed by atoms with Gasteiger partial charge in [-0.1, -0.05) is 11.6 Å². The first-order valence-corrected chi connectivity index (χ1v) is 35.4. The molecule has 6 aliphatic rings. The van der Waals surface area contributed by atoms with E-state index < -0.39 is 294 Å². The number of hydrogen-bond donors (Lipinski definition) is 0. The minimum atomic E-state index is -2.67. The molecule has 44 nitrogen and oxygen atoms in total. The molecule has 1 aromatic carbocycles. The zero-order valence-corrected chi connectivity index (χ0v) is 65.2. The third-order valence-corrected chi connectivity index (χ3v) is 17.0. The molecule has 636 valence electrons. The fourth-order valence-electron chi connectivity index (χ4n) is 13.2. The molecule has 6 aliphatic heterocycles. The third kappa shape index (κ3) is 24.8. The summed E-state index contributed by atoms with van der Waals surface area (Å²) < 4.78 is 151. The van der Waals surface area contributed by atoms with Gasteiger partial charge < -0.3 is 118 Å². The number of ether oxygens (including phenoxy) is 25. The Morgan fingerprint density at radius 2 is 0.539 bits per heavy atom. The quantitative estimate of drug-likeness (QED) is 0.0493.